The first-order valence-corrected chi connectivity index (χ1v) is 10.6. The van der Waals surface area contributed by atoms with Gasteiger partial charge in [-0.15, -0.1) is 21.5 Å². The van der Waals surface area contributed by atoms with Crippen molar-refractivity contribution >= 4 is 45.1 Å². The molecule has 3 aromatic rings. The maximum Gasteiger partial charge on any atom is 0.293 e. The summed E-state index contributed by atoms with van der Waals surface area (Å²) in [6.45, 7) is 3.09. The number of nitrogens with zero attached hydrogens (tertiary/aromatic N) is 5. The number of benzene rings is 1. The lowest BCUT2D eigenvalue weighted by Gasteiger charge is -2.33. The number of aromatic nitrogens is 2. The first kappa shape index (κ1) is 19.4. The number of hydrogen-bond acceptors (Lipinski definition) is 9. The summed E-state index contributed by atoms with van der Waals surface area (Å²) in [5, 5.41) is 25.4. The third-order valence-corrected chi connectivity index (χ3v) is 6.53. The van der Waals surface area contributed by atoms with Gasteiger partial charge in [-0.05, 0) is 30.6 Å². The van der Waals surface area contributed by atoms with Gasteiger partial charge in [0.05, 0.1) is 9.80 Å². The van der Waals surface area contributed by atoms with Crippen LogP contribution in [-0.4, -0.2) is 59.2 Å². The van der Waals surface area contributed by atoms with E-state index >= 15 is 0 Å². The fourth-order valence-corrected chi connectivity index (χ4v) is 4.60. The SMILES string of the molecule is CN1CCN(c2ccc(C(=O)Nc3nnc(-c4cccs4)s3)cc2[N+](=O)[O-])CC1. The number of carbonyl (C=O) groups excluding carboxylic acids is 1. The Balaban J connectivity index is 1.53. The van der Waals surface area contributed by atoms with Crippen LogP contribution in [0.15, 0.2) is 35.7 Å². The summed E-state index contributed by atoms with van der Waals surface area (Å²) >= 11 is 2.80. The number of hydrogen-bond donors (Lipinski definition) is 1. The predicted octanol–water partition coefficient (Wildman–Crippen LogP) is 3.18. The highest BCUT2D eigenvalue weighted by Crippen LogP contribution is 2.32. The molecule has 9 nitrogen and oxygen atoms in total. The molecule has 0 radical (unpaired) electrons. The van der Waals surface area contributed by atoms with E-state index in [1.807, 2.05) is 29.5 Å². The average Bonchev–Trinajstić information content (AvgIpc) is 3.40. The monoisotopic (exact) mass is 430 g/mol. The summed E-state index contributed by atoms with van der Waals surface area (Å²) in [6.07, 6.45) is 0. The molecular weight excluding hydrogens is 412 g/mol. The Morgan fingerprint density at radius 2 is 2.00 bits per heavy atom. The molecule has 29 heavy (non-hydrogen) atoms. The lowest BCUT2D eigenvalue weighted by atomic mass is 10.1. The van der Waals surface area contributed by atoms with Gasteiger partial charge in [0.2, 0.25) is 5.13 Å². The Kier molecular flexibility index (Phi) is 5.51. The number of nitro benzene ring substituents is 1. The molecule has 3 heterocycles. The van der Waals surface area contributed by atoms with E-state index in [1.54, 1.807) is 12.1 Å². The highest BCUT2D eigenvalue weighted by atomic mass is 32.1. The molecule has 1 N–H and O–H groups in total. The fraction of sp³-hybridized carbons (Fsp3) is 0.278. The lowest BCUT2D eigenvalue weighted by molar-refractivity contribution is -0.384. The normalized spacial score (nSPS) is 14.7. The molecule has 0 aliphatic carbocycles. The number of carbonyl (C=O) groups is 1. The lowest BCUT2D eigenvalue weighted by Crippen LogP contribution is -2.44. The molecule has 1 aliphatic heterocycles. The fourth-order valence-electron chi connectivity index (χ4n) is 3.07. The van der Waals surface area contributed by atoms with Crippen molar-refractivity contribution in [1.29, 1.82) is 0 Å². The summed E-state index contributed by atoms with van der Waals surface area (Å²) < 4.78 is 0. The van der Waals surface area contributed by atoms with Crippen LogP contribution in [0.3, 0.4) is 0 Å². The van der Waals surface area contributed by atoms with Crippen molar-refractivity contribution in [2.24, 2.45) is 0 Å². The molecule has 1 saturated heterocycles. The van der Waals surface area contributed by atoms with Gasteiger partial charge >= 0.3 is 0 Å². The molecule has 150 valence electrons. The standard InChI is InChI=1S/C18H18N6O3S2/c1-22-6-8-23(9-7-22)13-5-4-12(11-14(13)24(26)27)16(25)19-18-21-20-17(29-18)15-3-2-10-28-15/h2-5,10-11H,6-9H2,1H3,(H,19,21,25). The van der Waals surface area contributed by atoms with Gasteiger partial charge in [0, 0.05) is 37.8 Å². The van der Waals surface area contributed by atoms with E-state index in [4.69, 9.17) is 0 Å². The number of thiophene rings is 1. The zero-order chi connectivity index (χ0) is 20.4. The number of amides is 1. The van der Waals surface area contributed by atoms with Gasteiger partial charge in [-0.3, -0.25) is 20.2 Å². The van der Waals surface area contributed by atoms with Crippen molar-refractivity contribution in [2.75, 3.05) is 43.4 Å². The van der Waals surface area contributed by atoms with E-state index in [-0.39, 0.29) is 11.3 Å². The third kappa shape index (κ3) is 4.26. The first-order valence-electron chi connectivity index (χ1n) is 8.92. The Morgan fingerprint density at radius 1 is 1.21 bits per heavy atom. The van der Waals surface area contributed by atoms with Gasteiger partial charge in [-0.25, -0.2) is 0 Å². The highest BCUT2D eigenvalue weighted by Gasteiger charge is 2.24. The van der Waals surface area contributed by atoms with Crippen molar-refractivity contribution in [1.82, 2.24) is 15.1 Å². The van der Waals surface area contributed by atoms with Gasteiger partial charge < -0.3 is 9.80 Å². The molecule has 1 aliphatic rings. The van der Waals surface area contributed by atoms with Gasteiger partial charge in [0.15, 0.2) is 5.01 Å². The molecule has 0 atom stereocenters. The van der Waals surface area contributed by atoms with E-state index in [0.29, 0.717) is 28.9 Å². The van der Waals surface area contributed by atoms with Crippen molar-refractivity contribution in [2.45, 2.75) is 0 Å². The Bertz CT molecular complexity index is 1030. The van der Waals surface area contributed by atoms with Crippen LogP contribution in [0.5, 0.6) is 0 Å². The van der Waals surface area contributed by atoms with Gasteiger partial charge in [-0.1, -0.05) is 17.4 Å². The van der Waals surface area contributed by atoms with Crippen molar-refractivity contribution < 1.29 is 9.72 Å². The van der Waals surface area contributed by atoms with Crippen LogP contribution < -0.4 is 10.2 Å². The molecule has 1 fully saturated rings. The minimum Gasteiger partial charge on any atom is -0.363 e. The summed E-state index contributed by atoms with van der Waals surface area (Å²) in [6, 6.07) is 8.43. The van der Waals surface area contributed by atoms with Crippen LogP contribution in [-0.2, 0) is 0 Å². The first-order chi connectivity index (χ1) is 14.0. The summed E-state index contributed by atoms with van der Waals surface area (Å²) in [5.74, 6) is -0.452. The number of likely N-dealkylation sites (N-methyl/N-ethyl adjacent to an activating group) is 1. The Labute approximate surface area is 174 Å². The molecule has 0 saturated carbocycles. The largest absolute Gasteiger partial charge is 0.363 e. The minimum atomic E-state index is -0.452. The smallest absolute Gasteiger partial charge is 0.293 e. The number of piperazine rings is 1. The van der Waals surface area contributed by atoms with E-state index in [9.17, 15) is 14.9 Å². The molecule has 2 aromatic heterocycles. The van der Waals surface area contributed by atoms with Crippen molar-refractivity contribution in [3.05, 3.63) is 51.4 Å². The molecule has 1 amide bonds. The summed E-state index contributed by atoms with van der Waals surface area (Å²) in [5.41, 5.74) is 0.678. The van der Waals surface area contributed by atoms with Crippen molar-refractivity contribution in [3.63, 3.8) is 0 Å². The Morgan fingerprint density at radius 3 is 2.69 bits per heavy atom. The molecule has 1 aromatic carbocycles. The van der Waals surface area contributed by atoms with E-state index in [2.05, 4.69) is 20.4 Å². The molecule has 0 bridgehead atoms. The highest BCUT2D eigenvalue weighted by molar-refractivity contribution is 7.23. The summed E-state index contributed by atoms with van der Waals surface area (Å²) in [4.78, 5) is 28.9. The number of rotatable bonds is 5. The third-order valence-electron chi connectivity index (χ3n) is 4.66. The second kappa shape index (κ2) is 8.23. The van der Waals surface area contributed by atoms with Crippen LogP contribution >= 0.6 is 22.7 Å². The predicted molar refractivity (Wildman–Crippen MR) is 114 cm³/mol. The van der Waals surface area contributed by atoms with Gasteiger partial charge in [0.1, 0.15) is 5.69 Å². The van der Waals surface area contributed by atoms with Crippen LogP contribution in [0, 0.1) is 10.1 Å². The maximum absolute atomic E-state index is 12.6. The topological polar surface area (TPSA) is 104 Å². The van der Waals surface area contributed by atoms with Gasteiger partial charge in [-0.2, -0.15) is 0 Å². The van der Waals surface area contributed by atoms with E-state index < -0.39 is 10.8 Å². The zero-order valence-corrected chi connectivity index (χ0v) is 17.2. The number of nitrogens with one attached hydrogen (secondary N) is 1. The maximum atomic E-state index is 12.6. The molecule has 4 rings (SSSR count). The van der Waals surface area contributed by atoms with E-state index in [0.717, 1.165) is 18.0 Å². The Hall–Kier alpha value is -2.89. The van der Waals surface area contributed by atoms with Crippen LogP contribution in [0.25, 0.3) is 9.88 Å². The van der Waals surface area contributed by atoms with Gasteiger partial charge in [0.25, 0.3) is 11.6 Å². The number of nitro groups is 1. The zero-order valence-electron chi connectivity index (χ0n) is 15.6. The van der Waals surface area contributed by atoms with Crippen LogP contribution in [0.2, 0.25) is 0 Å². The molecule has 11 heteroatoms. The molecule has 0 spiro atoms. The quantitative estimate of drug-likeness (QED) is 0.490. The second-order valence-corrected chi connectivity index (χ2v) is 8.52. The van der Waals surface area contributed by atoms with Crippen molar-refractivity contribution in [3.8, 4) is 9.88 Å². The minimum absolute atomic E-state index is 0.0706. The molecular formula is C18H18N6O3S2. The summed E-state index contributed by atoms with van der Waals surface area (Å²) in [7, 11) is 2.02. The second-order valence-electron chi connectivity index (χ2n) is 6.59. The average molecular weight is 431 g/mol. The number of anilines is 2. The van der Waals surface area contributed by atoms with Crippen LogP contribution in [0.4, 0.5) is 16.5 Å². The van der Waals surface area contributed by atoms with Crippen LogP contribution in [0.1, 0.15) is 10.4 Å². The van der Waals surface area contributed by atoms with E-state index in [1.165, 1.54) is 28.7 Å². The molecule has 0 unspecified atom stereocenters.